The summed E-state index contributed by atoms with van der Waals surface area (Å²) in [7, 11) is 0. The maximum Gasteiger partial charge on any atom is 0.0594 e. The Morgan fingerprint density at radius 3 is 0.798 bits per heavy atom. The minimum Gasteiger partial charge on any atom is -0.334 e. The van der Waals surface area contributed by atoms with E-state index in [4.69, 9.17) is 0 Å². The molecule has 3 aliphatic carbocycles. The van der Waals surface area contributed by atoms with E-state index in [0.717, 1.165) is 38.5 Å². The van der Waals surface area contributed by atoms with Gasteiger partial charge < -0.3 is 14.7 Å². The molecule has 0 N–H and O–H groups in total. The van der Waals surface area contributed by atoms with Crippen LogP contribution in [0.4, 0.5) is 34.1 Å². The highest BCUT2D eigenvalue weighted by Gasteiger charge is 2.68. The van der Waals surface area contributed by atoms with Crippen molar-refractivity contribution < 1.29 is 0 Å². The van der Waals surface area contributed by atoms with Crippen LogP contribution in [0.25, 0.3) is 76.8 Å². The number of para-hydroxylation sites is 3. The van der Waals surface area contributed by atoms with E-state index in [1.165, 1.54) is 166 Å². The van der Waals surface area contributed by atoms with Crippen molar-refractivity contribution in [3.05, 3.63) is 229 Å². The minimum atomic E-state index is -0.117. The van der Waals surface area contributed by atoms with Crippen LogP contribution in [0.5, 0.6) is 0 Å². The summed E-state index contributed by atoms with van der Waals surface area (Å²) in [5.41, 5.74) is 22.2. The molecular formula is C91H95N3. The van der Waals surface area contributed by atoms with E-state index in [1.54, 1.807) is 0 Å². The van der Waals surface area contributed by atoms with Gasteiger partial charge in [0.2, 0.25) is 0 Å². The molecule has 3 heteroatoms. The van der Waals surface area contributed by atoms with Gasteiger partial charge in [-0.3, -0.25) is 0 Å². The molecule has 3 fully saturated rings. The highest BCUT2D eigenvalue weighted by Crippen LogP contribution is 2.71. The van der Waals surface area contributed by atoms with E-state index in [0.29, 0.717) is 0 Å². The van der Waals surface area contributed by atoms with E-state index in [-0.39, 0.29) is 49.1 Å². The van der Waals surface area contributed by atoms with Crippen molar-refractivity contribution in [3.63, 3.8) is 0 Å². The summed E-state index contributed by atoms with van der Waals surface area (Å²) >= 11 is 0. The number of benzene rings is 11. The van der Waals surface area contributed by atoms with Crippen LogP contribution >= 0.6 is 0 Å². The van der Waals surface area contributed by atoms with Crippen molar-refractivity contribution in [3.8, 4) is 44.5 Å². The van der Waals surface area contributed by atoms with E-state index in [9.17, 15) is 0 Å². The minimum absolute atomic E-state index is 0.00598. The van der Waals surface area contributed by atoms with Gasteiger partial charge in [0.1, 0.15) is 0 Å². The van der Waals surface area contributed by atoms with Gasteiger partial charge >= 0.3 is 0 Å². The summed E-state index contributed by atoms with van der Waals surface area (Å²) < 4.78 is 0. The first-order chi connectivity index (χ1) is 45.1. The van der Waals surface area contributed by atoms with Gasteiger partial charge in [-0.25, -0.2) is 0 Å². The maximum absolute atomic E-state index is 2.82. The molecule has 17 rings (SSSR count). The molecule has 3 heterocycles. The lowest BCUT2D eigenvalue weighted by atomic mass is 9.52. The fraction of sp³-hybridized carbons (Fsp3) is 0.363. The molecule has 0 bridgehead atoms. The molecule has 94 heavy (non-hydrogen) atoms. The number of hydrogen-bond donors (Lipinski definition) is 0. The zero-order valence-electron chi connectivity index (χ0n) is 58.0. The zero-order chi connectivity index (χ0) is 64.7. The van der Waals surface area contributed by atoms with Crippen LogP contribution < -0.4 is 14.7 Å². The van der Waals surface area contributed by atoms with Gasteiger partial charge in [0, 0.05) is 50.4 Å². The molecule has 0 radical (unpaired) electrons. The number of nitrogens with zero attached hydrogens (tertiary/aromatic N) is 3. The average molecular weight is 1230 g/mol. The van der Waals surface area contributed by atoms with Crippen molar-refractivity contribution in [2.24, 2.45) is 16.2 Å². The largest absolute Gasteiger partial charge is 0.334 e. The van der Waals surface area contributed by atoms with Crippen LogP contribution in [0.15, 0.2) is 212 Å². The first-order valence-corrected chi connectivity index (χ1v) is 36.0. The molecule has 6 unspecified atom stereocenters. The van der Waals surface area contributed by atoms with Crippen LogP contribution in [0, 0.1) is 16.2 Å². The Kier molecular flexibility index (Phi) is 13.0. The molecule has 0 spiro atoms. The van der Waals surface area contributed by atoms with Gasteiger partial charge in [-0.15, -0.1) is 0 Å². The summed E-state index contributed by atoms with van der Waals surface area (Å²) in [6.07, 6.45) is 14.4. The summed E-state index contributed by atoms with van der Waals surface area (Å²) in [6, 6.07) is 83.9. The second-order valence-electron chi connectivity index (χ2n) is 33.5. The monoisotopic (exact) mass is 1230 g/mol. The van der Waals surface area contributed by atoms with Gasteiger partial charge in [0.25, 0.3) is 0 Å². The lowest BCUT2D eigenvalue weighted by Gasteiger charge is -2.59. The molecule has 0 saturated heterocycles. The van der Waals surface area contributed by atoms with Gasteiger partial charge in [-0.1, -0.05) is 249 Å². The third-order valence-electron chi connectivity index (χ3n) is 26.5. The number of hydrogen-bond acceptors (Lipinski definition) is 3. The fourth-order valence-electron chi connectivity index (χ4n) is 22.8. The Balaban J connectivity index is 0.957. The fourth-order valence-corrected chi connectivity index (χ4v) is 22.8. The van der Waals surface area contributed by atoms with Gasteiger partial charge in [0.05, 0.1) is 16.6 Å². The Morgan fingerprint density at radius 1 is 0.266 bits per heavy atom. The molecule has 0 aromatic heterocycles. The Hall–Kier alpha value is -8.14. The van der Waals surface area contributed by atoms with Gasteiger partial charge in [-0.05, 0) is 233 Å². The molecule has 3 nitrogen and oxygen atoms in total. The zero-order valence-corrected chi connectivity index (χ0v) is 58.0. The van der Waals surface area contributed by atoms with E-state index >= 15 is 0 Å². The van der Waals surface area contributed by atoms with Gasteiger partial charge in [-0.2, -0.15) is 0 Å². The predicted molar refractivity (Wildman–Crippen MR) is 402 cm³/mol. The van der Waals surface area contributed by atoms with Crippen LogP contribution in [-0.4, -0.2) is 16.6 Å². The Morgan fingerprint density at radius 2 is 0.521 bits per heavy atom. The molecule has 0 amide bonds. The second-order valence-corrected chi connectivity index (χ2v) is 33.5. The quantitative estimate of drug-likeness (QED) is 0.147. The molecule has 3 saturated carbocycles. The first-order valence-electron chi connectivity index (χ1n) is 36.0. The number of fused-ring (bicyclic) bond motifs is 9. The van der Waals surface area contributed by atoms with Gasteiger partial charge in [0.15, 0.2) is 0 Å². The number of anilines is 6. The SMILES string of the molecule is CC(C)(C)C12CCCCC1(C)c1cc(-c3cc(-c4ccccc4)c4ccc5c(-c6ccc7c(c6)C6(C)CCCCC6(C(C)(C)C)N7c6ccccc6)cc(-c6ccc7c(c6)C6(C)CCCCC6(C(C)(C)C)N7c6ccccc6)c6ccc3c4c56)ccc1N2c1ccccc1. The molecule has 11 aromatic carbocycles. The third-order valence-corrected chi connectivity index (χ3v) is 26.5. The maximum atomic E-state index is 2.82. The second kappa shape index (κ2) is 20.4. The lowest BCUT2D eigenvalue weighted by Crippen LogP contribution is -2.64. The predicted octanol–water partition coefficient (Wildman–Crippen LogP) is 25.6. The van der Waals surface area contributed by atoms with Crippen LogP contribution in [0.2, 0.25) is 0 Å². The Bertz CT molecular complexity index is 4650. The van der Waals surface area contributed by atoms with Crippen molar-refractivity contribution in [2.45, 2.75) is 193 Å². The average Bonchev–Trinajstić information content (AvgIpc) is 1.51. The molecular weight excluding hydrogens is 1140 g/mol. The summed E-state index contributed by atoms with van der Waals surface area (Å²) in [4.78, 5) is 8.44. The Labute approximate surface area is 560 Å². The molecule has 11 aromatic rings. The third kappa shape index (κ3) is 7.68. The molecule has 6 aliphatic rings. The highest BCUT2D eigenvalue weighted by molar-refractivity contribution is 6.32. The van der Waals surface area contributed by atoms with Crippen molar-refractivity contribution >= 4 is 66.4 Å². The standard InChI is InChI=1S/C91H95N3/c1-83(2,3)89-52-28-25-49-86(89,10)75-55-61(39-46-78(75)92(89)64-33-19-14-20-34-64)72-58-71(60-31-17-13-18-32-60)67-42-43-69-73(62-40-47-79-76(56-62)87(11)50-26-29-53-90(87,84(4,5)6)93(79)65-35-21-15-22-36-65)59-74(70-45-44-68(72)81(67)82(69)70)63-41-48-80-77(57-63)88(12)51-27-30-54-91(88,85(7,8)9)94(80)66-37-23-16-24-38-66/h13-24,31-48,55-59H,25-30,49-54H2,1-12H3. The molecule has 3 aliphatic heterocycles. The van der Waals surface area contributed by atoms with Crippen LogP contribution in [0.1, 0.15) is 177 Å². The molecule has 6 atom stereocenters. The molecule has 474 valence electrons. The highest BCUT2D eigenvalue weighted by atomic mass is 15.3. The number of rotatable bonds is 7. The van der Waals surface area contributed by atoms with Crippen molar-refractivity contribution in [1.29, 1.82) is 0 Å². The normalized spacial score (nSPS) is 25.8. The van der Waals surface area contributed by atoms with E-state index < -0.39 is 0 Å². The van der Waals surface area contributed by atoms with E-state index in [2.05, 4.69) is 310 Å². The van der Waals surface area contributed by atoms with E-state index in [1.807, 2.05) is 0 Å². The first kappa shape index (κ1) is 59.6. The lowest BCUT2D eigenvalue weighted by molar-refractivity contribution is 0.0607. The summed E-state index contributed by atoms with van der Waals surface area (Å²) in [5, 5.41) is 7.99. The topological polar surface area (TPSA) is 9.72 Å². The van der Waals surface area contributed by atoms with Crippen LogP contribution in [-0.2, 0) is 16.2 Å². The summed E-state index contributed by atoms with van der Waals surface area (Å²) in [6.45, 7) is 30.6. The van der Waals surface area contributed by atoms with Crippen molar-refractivity contribution in [2.75, 3.05) is 14.7 Å². The van der Waals surface area contributed by atoms with Crippen LogP contribution in [0.3, 0.4) is 0 Å². The summed E-state index contributed by atoms with van der Waals surface area (Å²) in [5.74, 6) is 0. The smallest absolute Gasteiger partial charge is 0.0594 e. The van der Waals surface area contributed by atoms with Crippen molar-refractivity contribution in [1.82, 2.24) is 0 Å².